The summed E-state index contributed by atoms with van der Waals surface area (Å²) in [6, 6.07) is 6.42. The molecule has 2 aliphatic heterocycles. The van der Waals surface area contributed by atoms with E-state index < -0.39 is 5.60 Å². The topological polar surface area (TPSA) is 50.7 Å². The molecule has 1 aromatic carbocycles. The van der Waals surface area contributed by atoms with Crippen LogP contribution in [0.3, 0.4) is 0 Å². The molecule has 1 unspecified atom stereocenters. The predicted molar refractivity (Wildman–Crippen MR) is 72.6 cm³/mol. The molecule has 1 atom stereocenters. The van der Waals surface area contributed by atoms with E-state index in [-0.39, 0.29) is 0 Å². The molecule has 1 fully saturated rings. The van der Waals surface area contributed by atoms with Gasteiger partial charge in [0, 0.05) is 26.0 Å². The highest BCUT2D eigenvalue weighted by atomic mass is 16.5. The maximum absolute atomic E-state index is 10.1. The minimum Gasteiger partial charge on any atom is -0.493 e. The molecule has 0 amide bonds. The minimum absolute atomic E-state index is 0.455. The van der Waals surface area contributed by atoms with Crippen molar-refractivity contribution in [3.63, 3.8) is 0 Å². The summed E-state index contributed by atoms with van der Waals surface area (Å²) < 4.78 is 10.7. The van der Waals surface area contributed by atoms with E-state index in [0.717, 1.165) is 38.2 Å². The van der Waals surface area contributed by atoms with Crippen LogP contribution in [0.1, 0.15) is 17.5 Å². The lowest BCUT2D eigenvalue weighted by molar-refractivity contribution is 0.0273. The minimum atomic E-state index is -0.661. The van der Waals surface area contributed by atoms with Crippen LogP contribution in [-0.2, 0) is 17.6 Å². The van der Waals surface area contributed by atoms with Crippen molar-refractivity contribution in [2.75, 3.05) is 32.9 Å². The lowest BCUT2D eigenvalue weighted by Crippen LogP contribution is -2.41. The number of aliphatic hydroxyl groups is 1. The van der Waals surface area contributed by atoms with Crippen molar-refractivity contribution < 1.29 is 14.6 Å². The van der Waals surface area contributed by atoms with Crippen molar-refractivity contribution in [2.24, 2.45) is 0 Å². The Hall–Kier alpha value is -1.10. The van der Waals surface area contributed by atoms with Gasteiger partial charge in [-0.25, -0.2) is 0 Å². The summed E-state index contributed by atoms with van der Waals surface area (Å²) in [5.41, 5.74) is 1.98. The normalized spacial score (nSPS) is 25.3. The van der Waals surface area contributed by atoms with Gasteiger partial charge < -0.3 is 19.9 Å². The molecular weight excluding hydrogens is 242 g/mol. The molecule has 1 saturated heterocycles. The van der Waals surface area contributed by atoms with E-state index in [0.29, 0.717) is 19.8 Å². The van der Waals surface area contributed by atoms with E-state index in [9.17, 15) is 5.11 Å². The Balaban J connectivity index is 1.45. The predicted octanol–water partition coefficient (Wildman–Crippen LogP) is 0.905. The Kier molecular flexibility index (Phi) is 3.73. The molecule has 1 aromatic rings. The Bertz CT molecular complexity index is 441. The molecule has 19 heavy (non-hydrogen) atoms. The van der Waals surface area contributed by atoms with E-state index in [1.54, 1.807) is 0 Å². The third kappa shape index (κ3) is 3.08. The average molecular weight is 263 g/mol. The first kappa shape index (κ1) is 12.9. The molecule has 2 heterocycles. The fraction of sp³-hybridized carbons (Fsp3) is 0.600. The molecule has 0 aromatic heterocycles. The summed E-state index contributed by atoms with van der Waals surface area (Å²) in [5, 5.41) is 13.4. The van der Waals surface area contributed by atoms with Gasteiger partial charge >= 0.3 is 0 Å². The number of ether oxygens (including phenoxy) is 2. The quantitative estimate of drug-likeness (QED) is 0.775. The van der Waals surface area contributed by atoms with Crippen LogP contribution in [-0.4, -0.2) is 43.6 Å². The summed E-state index contributed by atoms with van der Waals surface area (Å²) in [4.78, 5) is 0. The zero-order chi connectivity index (χ0) is 13.1. The van der Waals surface area contributed by atoms with E-state index in [4.69, 9.17) is 9.47 Å². The number of benzene rings is 1. The van der Waals surface area contributed by atoms with Gasteiger partial charge in [-0.15, -0.1) is 0 Å². The fourth-order valence-electron chi connectivity index (χ4n) is 2.69. The summed E-state index contributed by atoms with van der Waals surface area (Å²) in [6.45, 7) is 3.42. The van der Waals surface area contributed by atoms with Crippen molar-refractivity contribution in [2.45, 2.75) is 24.9 Å². The van der Waals surface area contributed by atoms with Crippen molar-refractivity contribution in [1.29, 1.82) is 0 Å². The molecule has 4 nitrogen and oxygen atoms in total. The van der Waals surface area contributed by atoms with Gasteiger partial charge in [-0.05, 0) is 30.2 Å². The number of fused-ring (bicyclic) bond motifs is 1. The Labute approximate surface area is 113 Å². The van der Waals surface area contributed by atoms with Gasteiger partial charge in [0.1, 0.15) is 11.4 Å². The lowest BCUT2D eigenvalue weighted by atomic mass is 10.0. The van der Waals surface area contributed by atoms with Crippen LogP contribution < -0.4 is 10.1 Å². The van der Waals surface area contributed by atoms with Crippen LogP contribution in [0.5, 0.6) is 5.75 Å². The molecule has 104 valence electrons. The van der Waals surface area contributed by atoms with Gasteiger partial charge in [0.2, 0.25) is 0 Å². The molecule has 2 aliphatic rings. The van der Waals surface area contributed by atoms with Crippen LogP contribution in [0, 0.1) is 0 Å². The first-order valence-corrected chi connectivity index (χ1v) is 7.01. The molecular formula is C15H21NO3. The zero-order valence-corrected chi connectivity index (χ0v) is 11.2. The van der Waals surface area contributed by atoms with Crippen molar-refractivity contribution in [3.8, 4) is 5.75 Å². The largest absolute Gasteiger partial charge is 0.493 e. The van der Waals surface area contributed by atoms with Gasteiger partial charge in [0.15, 0.2) is 0 Å². The highest BCUT2D eigenvalue weighted by Gasteiger charge is 2.31. The molecule has 0 saturated carbocycles. The van der Waals surface area contributed by atoms with Crippen LogP contribution in [0.4, 0.5) is 0 Å². The molecule has 3 rings (SSSR count). The maximum Gasteiger partial charge on any atom is 0.122 e. The second kappa shape index (κ2) is 5.49. The third-order valence-corrected chi connectivity index (χ3v) is 3.88. The third-order valence-electron chi connectivity index (χ3n) is 3.88. The second-order valence-electron chi connectivity index (χ2n) is 5.49. The smallest absolute Gasteiger partial charge is 0.122 e. The van der Waals surface area contributed by atoms with E-state index >= 15 is 0 Å². The Morgan fingerprint density at radius 1 is 1.32 bits per heavy atom. The molecule has 0 radical (unpaired) electrons. The van der Waals surface area contributed by atoms with E-state index in [2.05, 4.69) is 23.5 Å². The molecule has 0 spiro atoms. The summed E-state index contributed by atoms with van der Waals surface area (Å²) >= 11 is 0. The SMILES string of the molecule is OC1(CNCCc2ccc3c(c2)CCO3)CCOC1. The van der Waals surface area contributed by atoms with Gasteiger partial charge in [-0.1, -0.05) is 12.1 Å². The summed E-state index contributed by atoms with van der Waals surface area (Å²) in [6.07, 6.45) is 2.73. The van der Waals surface area contributed by atoms with Gasteiger partial charge in [-0.2, -0.15) is 0 Å². The van der Waals surface area contributed by atoms with E-state index in [1.807, 2.05) is 0 Å². The standard InChI is InChI=1S/C15H21NO3/c17-15(5-8-18-11-15)10-16-6-3-12-1-2-14-13(9-12)4-7-19-14/h1-2,9,16-17H,3-8,10-11H2. The Morgan fingerprint density at radius 3 is 3.11 bits per heavy atom. The number of nitrogens with one attached hydrogen (secondary N) is 1. The molecule has 4 heteroatoms. The fourth-order valence-corrected chi connectivity index (χ4v) is 2.69. The Morgan fingerprint density at radius 2 is 2.26 bits per heavy atom. The van der Waals surface area contributed by atoms with Gasteiger partial charge in [-0.3, -0.25) is 0 Å². The highest BCUT2D eigenvalue weighted by molar-refractivity contribution is 5.39. The molecule has 0 bridgehead atoms. The monoisotopic (exact) mass is 263 g/mol. The first-order valence-electron chi connectivity index (χ1n) is 7.01. The van der Waals surface area contributed by atoms with Crippen molar-refractivity contribution in [1.82, 2.24) is 5.32 Å². The lowest BCUT2D eigenvalue weighted by Gasteiger charge is -2.20. The van der Waals surface area contributed by atoms with Crippen LogP contribution in [0.25, 0.3) is 0 Å². The van der Waals surface area contributed by atoms with Crippen molar-refractivity contribution >= 4 is 0 Å². The maximum atomic E-state index is 10.1. The number of hydrogen-bond acceptors (Lipinski definition) is 4. The zero-order valence-electron chi connectivity index (χ0n) is 11.2. The molecule has 0 aliphatic carbocycles. The van der Waals surface area contributed by atoms with Gasteiger partial charge in [0.05, 0.1) is 13.2 Å². The van der Waals surface area contributed by atoms with Gasteiger partial charge in [0.25, 0.3) is 0 Å². The molecule has 2 N–H and O–H groups in total. The summed E-state index contributed by atoms with van der Waals surface area (Å²) in [5.74, 6) is 1.04. The van der Waals surface area contributed by atoms with Crippen LogP contribution >= 0.6 is 0 Å². The number of hydrogen-bond donors (Lipinski definition) is 2. The van der Waals surface area contributed by atoms with Crippen LogP contribution in [0.15, 0.2) is 18.2 Å². The van der Waals surface area contributed by atoms with E-state index in [1.165, 1.54) is 11.1 Å². The highest BCUT2D eigenvalue weighted by Crippen LogP contribution is 2.25. The second-order valence-corrected chi connectivity index (χ2v) is 5.49. The average Bonchev–Trinajstić information content (AvgIpc) is 3.03. The summed E-state index contributed by atoms with van der Waals surface area (Å²) in [7, 11) is 0. The van der Waals surface area contributed by atoms with Crippen molar-refractivity contribution in [3.05, 3.63) is 29.3 Å². The first-order chi connectivity index (χ1) is 9.25. The van der Waals surface area contributed by atoms with Crippen LogP contribution in [0.2, 0.25) is 0 Å². The number of rotatable bonds is 5.